The number of hydrogen-bond donors (Lipinski definition) is 1. The molecule has 1 aliphatic rings. The SMILES string of the molecule is CC(C)(C)NOC(=O)N1CCCC1. The monoisotopic (exact) mass is 186 g/mol. The van der Waals surface area contributed by atoms with Crippen molar-refractivity contribution in [2.75, 3.05) is 13.1 Å². The van der Waals surface area contributed by atoms with Gasteiger partial charge in [0.25, 0.3) is 0 Å². The summed E-state index contributed by atoms with van der Waals surface area (Å²) in [5.74, 6) is 0. The molecule has 0 atom stereocenters. The molecule has 1 aliphatic heterocycles. The Bertz CT molecular complexity index is 181. The fourth-order valence-corrected chi connectivity index (χ4v) is 1.16. The Hall–Kier alpha value is -0.770. The Morgan fingerprint density at radius 3 is 2.31 bits per heavy atom. The number of rotatable bonds is 1. The van der Waals surface area contributed by atoms with Gasteiger partial charge in [0, 0.05) is 18.6 Å². The minimum atomic E-state index is -0.257. The lowest BCUT2D eigenvalue weighted by atomic mass is 10.1. The normalized spacial score (nSPS) is 17.6. The lowest BCUT2D eigenvalue weighted by Gasteiger charge is -2.22. The summed E-state index contributed by atoms with van der Waals surface area (Å²) in [6, 6.07) is 0. The van der Waals surface area contributed by atoms with Gasteiger partial charge in [-0.3, -0.25) is 0 Å². The minimum Gasteiger partial charge on any atom is -0.353 e. The number of nitrogens with zero attached hydrogens (tertiary/aromatic N) is 1. The van der Waals surface area contributed by atoms with Crippen LogP contribution in [0.1, 0.15) is 33.6 Å². The largest absolute Gasteiger partial charge is 0.428 e. The third kappa shape index (κ3) is 3.63. The van der Waals surface area contributed by atoms with E-state index in [1.165, 1.54) is 0 Å². The molecule has 1 N–H and O–H groups in total. The van der Waals surface area contributed by atoms with E-state index in [0.717, 1.165) is 25.9 Å². The van der Waals surface area contributed by atoms with E-state index in [1.54, 1.807) is 4.90 Å². The molecular formula is C9H18N2O2. The lowest BCUT2D eigenvalue weighted by molar-refractivity contribution is 0.0258. The molecule has 0 bridgehead atoms. The number of hydroxylamine groups is 1. The molecule has 0 unspecified atom stereocenters. The first-order valence-electron chi connectivity index (χ1n) is 4.72. The summed E-state index contributed by atoms with van der Waals surface area (Å²) < 4.78 is 0. The molecule has 1 amide bonds. The van der Waals surface area contributed by atoms with Gasteiger partial charge in [-0.1, -0.05) is 0 Å². The second-order valence-corrected chi connectivity index (χ2v) is 4.41. The van der Waals surface area contributed by atoms with E-state index in [4.69, 9.17) is 4.84 Å². The number of nitrogens with one attached hydrogen (secondary N) is 1. The van der Waals surface area contributed by atoms with Gasteiger partial charge in [-0.2, -0.15) is 0 Å². The quantitative estimate of drug-likeness (QED) is 0.631. The van der Waals surface area contributed by atoms with Crippen molar-refractivity contribution in [1.82, 2.24) is 10.4 Å². The first kappa shape index (κ1) is 10.3. The second-order valence-electron chi connectivity index (χ2n) is 4.41. The van der Waals surface area contributed by atoms with Crippen LogP contribution in [0.15, 0.2) is 0 Å². The first-order valence-corrected chi connectivity index (χ1v) is 4.72. The number of likely N-dealkylation sites (tertiary alicyclic amines) is 1. The smallest absolute Gasteiger partial charge is 0.353 e. The van der Waals surface area contributed by atoms with E-state index in [1.807, 2.05) is 20.8 Å². The molecule has 0 aromatic rings. The predicted octanol–water partition coefficient (Wildman–Crippen LogP) is 1.52. The topological polar surface area (TPSA) is 41.6 Å². The zero-order valence-corrected chi connectivity index (χ0v) is 8.59. The average molecular weight is 186 g/mol. The molecule has 76 valence electrons. The van der Waals surface area contributed by atoms with Crippen LogP contribution < -0.4 is 5.48 Å². The standard InChI is InChI=1S/C9H18N2O2/c1-9(2,3)10-13-8(12)11-6-4-5-7-11/h10H,4-7H2,1-3H3. The molecule has 1 saturated heterocycles. The third-order valence-electron chi connectivity index (χ3n) is 1.81. The maximum atomic E-state index is 11.3. The Balaban J connectivity index is 2.25. The molecule has 1 rings (SSSR count). The molecule has 0 saturated carbocycles. The highest BCUT2D eigenvalue weighted by Gasteiger charge is 2.21. The lowest BCUT2D eigenvalue weighted by Crippen LogP contribution is -2.41. The van der Waals surface area contributed by atoms with Crippen molar-refractivity contribution in [2.45, 2.75) is 39.2 Å². The van der Waals surface area contributed by atoms with Crippen molar-refractivity contribution >= 4 is 6.09 Å². The number of amides is 1. The molecule has 0 aromatic heterocycles. The summed E-state index contributed by atoms with van der Waals surface area (Å²) in [5, 5.41) is 0. The highest BCUT2D eigenvalue weighted by Crippen LogP contribution is 2.08. The summed E-state index contributed by atoms with van der Waals surface area (Å²) >= 11 is 0. The van der Waals surface area contributed by atoms with Crippen molar-refractivity contribution < 1.29 is 9.63 Å². The van der Waals surface area contributed by atoms with Crippen molar-refractivity contribution in [1.29, 1.82) is 0 Å². The summed E-state index contributed by atoms with van der Waals surface area (Å²) in [6.07, 6.45) is 1.92. The van der Waals surface area contributed by atoms with Gasteiger partial charge in [-0.25, -0.2) is 4.79 Å². The van der Waals surface area contributed by atoms with Crippen LogP contribution in [-0.4, -0.2) is 29.6 Å². The number of carbonyl (C=O) groups is 1. The van der Waals surface area contributed by atoms with Crippen molar-refractivity contribution in [3.05, 3.63) is 0 Å². The fraction of sp³-hybridized carbons (Fsp3) is 0.889. The van der Waals surface area contributed by atoms with Gasteiger partial charge in [-0.15, -0.1) is 5.48 Å². The molecule has 4 nitrogen and oxygen atoms in total. The predicted molar refractivity (Wildman–Crippen MR) is 50.2 cm³/mol. The molecule has 0 aromatic carbocycles. The second kappa shape index (κ2) is 3.96. The maximum Gasteiger partial charge on any atom is 0.428 e. The van der Waals surface area contributed by atoms with Gasteiger partial charge in [0.05, 0.1) is 0 Å². The van der Waals surface area contributed by atoms with Crippen molar-refractivity contribution in [2.24, 2.45) is 0 Å². The Kier molecular flexibility index (Phi) is 3.14. The molecule has 4 heteroatoms. The van der Waals surface area contributed by atoms with Gasteiger partial charge in [-0.05, 0) is 33.6 Å². The Labute approximate surface area is 79.2 Å². The molecule has 13 heavy (non-hydrogen) atoms. The molecule has 1 heterocycles. The maximum absolute atomic E-state index is 11.3. The van der Waals surface area contributed by atoms with Crippen LogP contribution in [-0.2, 0) is 4.84 Å². The summed E-state index contributed by atoms with van der Waals surface area (Å²) in [5.41, 5.74) is 2.52. The Morgan fingerprint density at radius 2 is 1.85 bits per heavy atom. The fourth-order valence-electron chi connectivity index (χ4n) is 1.16. The van der Waals surface area contributed by atoms with Gasteiger partial charge in [0.2, 0.25) is 0 Å². The van der Waals surface area contributed by atoms with E-state index in [9.17, 15) is 4.79 Å². The highest BCUT2D eigenvalue weighted by molar-refractivity contribution is 5.67. The van der Waals surface area contributed by atoms with Crippen LogP contribution in [0.5, 0.6) is 0 Å². The van der Waals surface area contributed by atoms with E-state index >= 15 is 0 Å². The van der Waals surface area contributed by atoms with Crippen LogP contribution in [0.2, 0.25) is 0 Å². The van der Waals surface area contributed by atoms with Gasteiger partial charge >= 0.3 is 6.09 Å². The summed E-state index contributed by atoms with van der Waals surface area (Å²) in [7, 11) is 0. The molecule has 0 aliphatic carbocycles. The van der Waals surface area contributed by atoms with E-state index in [-0.39, 0.29) is 11.6 Å². The van der Waals surface area contributed by atoms with Crippen LogP contribution in [0.3, 0.4) is 0 Å². The van der Waals surface area contributed by atoms with E-state index in [0.29, 0.717) is 0 Å². The Morgan fingerprint density at radius 1 is 1.31 bits per heavy atom. The van der Waals surface area contributed by atoms with Gasteiger partial charge in [0.1, 0.15) is 0 Å². The number of carbonyl (C=O) groups excluding carboxylic acids is 1. The molecule has 0 radical (unpaired) electrons. The van der Waals surface area contributed by atoms with Crippen LogP contribution in [0.4, 0.5) is 4.79 Å². The summed E-state index contributed by atoms with van der Waals surface area (Å²) in [4.78, 5) is 18.0. The molecule has 0 spiro atoms. The van der Waals surface area contributed by atoms with Crippen LogP contribution >= 0.6 is 0 Å². The van der Waals surface area contributed by atoms with E-state index in [2.05, 4.69) is 5.48 Å². The average Bonchev–Trinajstić information content (AvgIpc) is 2.50. The van der Waals surface area contributed by atoms with E-state index < -0.39 is 0 Å². The zero-order chi connectivity index (χ0) is 9.90. The van der Waals surface area contributed by atoms with Gasteiger partial charge < -0.3 is 9.74 Å². The first-order chi connectivity index (χ1) is 5.99. The highest BCUT2D eigenvalue weighted by atomic mass is 16.7. The molecule has 1 fully saturated rings. The third-order valence-corrected chi connectivity index (χ3v) is 1.81. The van der Waals surface area contributed by atoms with Gasteiger partial charge in [0.15, 0.2) is 0 Å². The van der Waals surface area contributed by atoms with Crippen LogP contribution in [0, 0.1) is 0 Å². The summed E-state index contributed by atoms with van der Waals surface area (Å²) in [6.45, 7) is 7.49. The van der Waals surface area contributed by atoms with Crippen LogP contribution in [0.25, 0.3) is 0 Å². The zero-order valence-electron chi connectivity index (χ0n) is 8.59. The minimum absolute atomic E-state index is 0.185. The van der Waals surface area contributed by atoms with Crippen molar-refractivity contribution in [3.63, 3.8) is 0 Å². The van der Waals surface area contributed by atoms with Crippen molar-refractivity contribution in [3.8, 4) is 0 Å². The molecular weight excluding hydrogens is 168 g/mol. The number of hydrogen-bond acceptors (Lipinski definition) is 3.